The number of unbranched alkanes of at least 4 members (excludes halogenated alkanes) is 2. The number of carbonyl (C=O) groups is 1. The van der Waals surface area contributed by atoms with Gasteiger partial charge in [-0.3, -0.25) is 4.79 Å². The minimum Gasteiger partial charge on any atom is -0.493 e. The van der Waals surface area contributed by atoms with Crippen molar-refractivity contribution in [1.82, 2.24) is 0 Å². The number of rotatable bonds is 10. The Labute approximate surface area is 144 Å². The van der Waals surface area contributed by atoms with Crippen LogP contribution in [-0.2, 0) is 0 Å². The zero-order valence-corrected chi connectivity index (χ0v) is 14.6. The molecule has 0 saturated carbocycles. The second-order valence-electron chi connectivity index (χ2n) is 5.73. The van der Waals surface area contributed by atoms with E-state index in [9.17, 15) is 4.79 Å². The van der Waals surface area contributed by atoms with Gasteiger partial charge in [-0.1, -0.05) is 51.0 Å². The average molecular weight is 326 g/mol. The van der Waals surface area contributed by atoms with Crippen molar-refractivity contribution in [3.8, 4) is 11.5 Å². The molecule has 3 nitrogen and oxygen atoms in total. The van der Waals surface area contributed by atoms with Gasteiger partial charge in [-0.25, -0.2) is 0 Å². The summed E-state index contributed by atoms with van der Waals surface area (Å²) in [7, 11) is 0. The second kappa shape index (κ2) is 9.76. The molecule has 0 amide bonds. The summed E-state index contributed by atoms with van der Waals surface area (Å²) in [4.78, 5) is 13.0. The number of hydrogen-bond acceptors (Lipinski definition) is 3. The number of benzene rings is 2. The summed E-state index contributed by atoms with van der Waals surface area (Å²) in [5, 5.41) is 0. The van der Waals surface area contributed by atoms with Crippen molar-refractivity contribution >= 4 is 5.78 Å². The van der Waals surface area contributed by atoms with E-state index in [2.05, 4.69) is 13.8 Å². The van der Waals surface area contributed by atoms with Gasteiger partial charge in [0.1, 0.15) is 11.5 Å². The van der Waals surface area contributed by atoms with Crippen molar-refractivity contribution in [2.75, 3.05) is 13.2 Å². The molecule has 0 radical (unpaired) electrons. The third kappa shape index (κ3) is 4.85. The lowest BCUT2D eigenvalue weighted by atomic mass is 10.0. The zero-order valence-electron chi connectivity index (χ0n) is 14.6. The lowest BCUT2D eigenvalue weighted by Crippen LogP contribution is -2.09. The molecule has 2 aromatic carbocycles. The molecule has 0 bridgehead atoms. The molecule has 0 aliphatic carbocycles. The minimum absolute atomic E-state index is 0.0609. The molecule has 0 atom stereocenters. The van der Waals surface area contributed by atoms with Gasteiger partial charge in [0.05, 0.1) is 24.3 Å². The average Bonchev–Trinajstić information content (AvgIpc) is 2.62. The Morgan fingerprint density at radius 2 is 1.17 bits per heavy atom. The molecule has 0 N–H and O–H groups in total. The van der Waals surface area contributed by atoms with Gasteiger partial charge in [0, 0.05) is 0 Å². The van der Waals surface area contributed by atoms with Crippen molar-refractivity contribution in [2.24, 2.45) is 0 Å². The number of ether oxygens (including phenoxy) is 2. The summed E-state index contributed by atoms with van der Waals surface area (Å²) in [5.74, 6) is 1.22. The fourth-order valence-corrected chi connectivity index (χ4v) is 2.36. The maximum Gasteiger partial charge on any atom is 0.200 e. The van der Waals surface area contributed by atoms with E-state index in [4.69, 9.17) is 9.47 Å². The first-order valence-corrected chi connectivity index (χ1v) is 8.76. The SMILES string of the molecule is CCCCOc1ccccc1C(=O)c1ccccc1OCCCC. The molecule has 2 aromatic rings. The highest BCUT2D eigenvalue weighted by Crippen LogP contribution is 2.27. The highest BCUT2D eigenvalue weighted by Gasteiger charge is 2.18. The molecule has 0 heterocycles. The molecule has 0 aliphatic heterocycles. The van der Waals surface area contributed by atoms with Crippen LogP contribution in [0.25, 0.3) is 0 Å². The molecule has 0 aliphatic rings. The van der Waals surface area contributed by atoms with Crippen LogP contribution in [0.2, 0.25) is 0 Å². The molecule has 128 valence electrons. The number of hydrogen-bond donors (Lipinski definition) is 0. The molecular weight excluding hydrogens is 300 g/mol. The molecular formula is C21H26O3. The van der Waals surface area contributed by atoms with E-state index >= 15 is 0 Å². The van der Waals surface area contributed by atoms with Crippen molar-refractivity contribution < 1.29 is 14.3 Å². The Morgan fingerprint density at radius 1 is 0.750 bits per heavy atom. The maximum absolute atomic E-state index is 13.0. The molecule has 2 rings (SSSR count). The first-order valence-electron chi connectivity index (χ1n) is 8.76. The smallest absolute Gasteiger partial charge is 0.200 e. The molecule has 24 heavy (non-hydrogen) atoms. The quantitative estimate of drug-likeness (QED) is 0.440. The molecule has 3 heteroatoms. The van der Waals surface area contributed by atoms with Crippen molar-refractivity contribution in [1.29, 1.82) is 0 Å². The molecule has 0 aromatic heterocycles. The molecule has 0 fully saturated rings. The minimum atomic E-state index is -0.0609. The summed E-state index contributed by atoms with van der Waals surface area (Å²) in [6.07, 6.45) is 4.06. The Bertz CT molecular complexity index is 594. The first-order chi connectivity index (χ1) is 11.8. The third-order valence-electron chi connectivity index (χ3n) is 3.77. The lowest BCUT2D eigenvalue weighted by Gasteiger charge is -2.13. The van der Waals surface area contributed by atoms with Crippen molar-refractivity contribution in [3.63, 3.8) is 0 Å². The summed E-state index contributed by atoms with van der Waals surface area (Å²) in [5.41, 5.74) is 1.17. The Kier molecular flexibility index (Phi) is 7.34. The zero-order chi connectivity index (χ0) is 17.2. The van der Waals surface area contributed by atoms with Crippen LogP contribution in [0.15, 0.2) is 48.5 Å². The normalized spacial score (nSPS) is 10.4. The van der Waals surface area contributed by atoms with Crippen molar-refractivity contribution in [2.45, 2.75) is 39.5 Å². The van der Waals surface area contributed by atoms with E-state index < -0.39 is 0 Å². The Morgan fingerprint density at radius 3 is 1.58 bits per heavy atom. The van der Waals surface area contributed by atoms with Gasteiger partial charge in [-0.15, -0.1) is 0 Å². The van der Waals surface area contributed by atoms with Crippen LogP contribution in [0.5, 0.6) is 11.5 Å². The predicted octanol–water partition coefficient (Wildman–Crippen LogP) is 5.28. The van der Waals surface area contributed by atoms with E-state index in [0.717, 1.165) is 25.7 Å². The fourth-order valence-electron chi connectivity index (χ4n) is 2.36. The van der Waals surface area contributed by atoms with Gasteiger partial charge in [-0.2, -0.15) is 0 Å². The van der Waals surface area contributed by atoms with Crippen LogP contribution in [0, 0.1) is 0 Å². The molecule has 0 saturated heterocycles. The van der Waals surface area contributed by atoms with Gasteiger partial charge in [-0.05, 0) is 37.1 Å². The standard InChI is InChI=1S/C21H26O3/c1-3-5-15-23-19-13-9-7-11-17(19)21(22)18-12-8-10-14-20(18)24-16-6-4-2/h7-14H,3-6,15-16H2,1-2H3. The summed E-state index contributed by atoms with van der Waals surface area (Å²) in [6, 6.07) is 14.8. The highest BCUT2D eigenvalue weighted by molar-refractivity contribution is 6.12. The summed E-state index contributed by atoms with van der Waals surface area (Å²) in [6.45, 7) is 5.47. The van der Waals surface area contributed by atoms with Crippen LogP contribution < -0.4 is 9.47 Å². The monoisotopic (exact) mass is 326 g/mol. The molecule has 0 unspecified atom stereocenters. The van der Waals surface area contributed by atoms with Crippen LogP contribution in [0.1, 0.15) is 55.5 Å². The van der Waals surface area contributed by atoms with E-state index in [1.807, 2.05) is 48.5 Å². The van der Waals surface area contributed by atoms with Gasteiger partial charge < -0.3 is 9.47 Å². The van der Waals surface area contributed by atoms with Crippen LogP contribution >= 0.6 is 0 Å². The van der Waals surface area contributed by atoms with Crippen LogP contribution in [0.3, 0.4) is 0 Å². The first kappa shape index (κ1) is 18.1. The fraction of sp³-hybridized carbons (Fsp3) is 0.381. The largest absolute Gasteiger partial charge is 0.493 e. The number of ketones is 1. The summed E-state index contributed by atoms with van der Waals surface area (Å²) >= 11 is 0. The van der Waals surface area contributed by atoms with Gasteiger partial charge in [0.25, 0.3) is 0 Å². The number of para-hydroxylation sites is 2. The van der Waals surface area contributed by atoms with E-state index in [1.165, 1.54) is 0 Å². The van der Waals surface area contributed by atoms with Crippen molar-refractivity contribution in [3.05, 3.63) is 59.7 Å². The third-order valence-corrected chi connectivity index (χ3v) is 3.77. The second-order valence-corrected chi connectivity index (χ2v) is 5.73. The maximum atomic E-state index is 13.0. The van der Waals surface area contributed by atoms with Crippen LogP contribution in [0.4, 0.5) is 0 Å². The molecule has 0 spiro atoms. The number of carbonyl (C=O) groups excluding carboxylic acids is 1. The summed E-state index contributed by atoms with van der Waals surface area (Å²) < 4.78 is 11.6. The topological polar surface area (TPSA) is 35.5 Å². The Balaban J connectivity index is 2.22. The van der Waals surface area contributed by atoms with E-state index in [0.29, 0.717) is 35.8 Å². The van der Waals surface area contributed by atoms with E-state index in [1.54, 1.807) is 0 Å². The van der Waals surface area contributed by atoms with Gasteiger partial charge >= 0.3 is 0 Å². The van der Waals surface area contributed by atoms with Gasteiger partial charge in [0.15, 0.2) is 5.78 Å². The highest BCUT2D eigenvalue weighted by atomic mass is 16.5. The lowest BCUT2D eigenvalue weighted by molar-refractivity contribution is 0.103. The Hall–Kier alpha value is -2.29. The van der Waals surface area contributed by atoms with E-state index in [-0.39, 0.29) is 5.78 Å². The van der Waals surface area contributed by atoms with Gasteiger partial charge in [0.2, 0.25) is 0 Å². The van der Waals surface area contributed by atoms with Crippen LogP contribution in [-0.4, -0.2) is 19.0 Å². The predicted molar refractivity (Wildman–Crippen MR) is 97.1 cm³/mol.